The number of hydrogen-bond donors (Lipinski definition) is 4. The molecule has 0 aliphatic heterocycles. The molecule has 0 heterocycles. The molecule has 3 aromatic rings. The number of fused-ring (bicyclic) bond motifs is 3. The van der Waals surface area contributed by atoms with Gasteiger partial charge in [0.1, 0.15) is 12.7 Å². The van der Waals surface area contributed by atoms with Crippen molar-refractivity contribution in [3.8, 4) is 11.1 Å². The topological polar surface area (TPSA) is 105 Å². The van der Waals surface area contributed by atoms with E-state index in [1.54, 1.807) is 18.2 Å². The molecule has 5 N–H and O–H groups in total. The van der Waals surface area contributed by atoms with Crippen LogP contribution in [0.4, 0.5) is 10.5 Å². The first-order chi connectivity index (χ1) is 15.5. The van der Waals surface area contributed by atoms with Gasteiger partial charge < -0.3 is 26.0 Å². The van der Waals surface area contributed by atoms with Crippen molar-refractivity contribution in [2.24, 2.45) is 0 Å². The molecule has 1 amide bonds. The predicted molar refractivity (Wildman–Crippen MR) is 127 cm³/mol. The fourth-order valence-corrected chi connectivity index (χ4v) is 4.48. The number of aliphatic hydroxyl groups is 2. The third kappa shape index (κ3) is 4.65. The van der Waals surface area contributed by atoms with E-state index >= 15 is 0 Å². The van der Waals surface area contributed by atoms with Crippen LogP contribution in [-0.2, 0) is 4.74 Å². The van der Waals surface area contributed by atoms with E-state index in [1.165, 1.54) is 11.1 Å². The fraction of sp³-hybridized carbons (Fsp3) is 0.240. The van der Waals surface area contributed by atoms with Crippen LogP contribution in [0.2, 0.25) is 0 Å². The van der Waals surface area contributed by atoms with Crippen LogP contribution in [-0.4, -0.2) is 35.6 Å². The molecular formula is C25H25BrN2O4. The van der Waals surface area contributed by atoms with Crippen LogP contribution in [0.1, 0.15) is 35.1 Å². The zero-order valence-corrected chi connectivity index (χ0v) is 19.0. The Kier molecular flexibility index (Phi) is 6.79. The molecule has 0 saturated heterocycles. The number of nitrogen functional groups attached to an aromatic ring is 1. The zero-order valence-electron chi connectivity index (χ0n) is 17.4. The number of ether oxygens (including phenoxy) is 1. The Balaban J connectivity index is 1.28. The van der Waals surface area contributed by atoms with Crippen LogP contribution in [0.3, 0.4) is 0 Å². The van der Waals surface area contributed by atoms with Crippen LogP contribution >= 0.6 is 15.9 Å². The number of benzene rings is 3. The third-order valence-electron chi connectivity index (χ3n) is 5.78. The SMILES string of the molecule is Nc1ccc(C(O)C(O)CCNC(=O)OCC2c3ccccc3-c3ccccc32)cc1Br. The van der Waals surface area contributed by atoms with Gasteiger partial charge in [0.25, 0.3) is 0 Å². The number of carbonyl (C=O) groups excluding carboxylic acids is 1. The van der Waals surface area contributed by atoms with E-state index in [4.69, 9.17) is 10.5 Å². The van der Waals surface area contributed by atoms with Gasteiger partial charge >= 0.3 is 6.09 Å². The molecule has 2 unspecified atom stereocenters. The lowest BCUT2D eigenvalue weighted by molar-refractivity contribution is 0.0136. The van der Waals surface area contributed by atoms with Crippen molar-refractivity contribution in [1.29, 1.82) is 0 Å². The summed E-state index contributed by atoms with van der Waals surface area (Å²) in [5, 5.41) is 23.3. The summed E-state index contributed by atoms with van der Waals surface area (Å²) in [6.45, 7) is 0.398. The lowest BCUT2D eigenvalue weighted by Gasteiger charge is -2.19. The Hall–Kier alpha value is -2.87. The van der Waals surface area contributed by atoms with Crippen LogP contribution < -0.4 is 11.1 Å². The number of rotatable bonds is 7. The number of nitrogens with two attached hydrogens (primary N) is 1. The molecule has 4 rings (SSSR count). The van der Waals surface area contributed by atoms with E-state index in [2.05, 4.69) is 45.5 Å². The number of aliphatic hydroxyl groups excluding tert-OH is 2. The summed E-state index contributed by atoms with van der Waals surface area (Å²) in [6.07, 6.45) is -2.51. The smallest absolute Gasteiger partial charge is 0.407 e. The molecule has 6 nitrogen and oxygen atoms in total. The lowest BCUT2D eigenvalue weighted by Crippen LogP contribution is -2.30. The lowest BCUT2D eigenvalue weighted by atomic mass is 9.98. The van der Waals surface area contributed by atoms with Crippen molar-refractivity contribution in [1.82, 2.24) is 5.32 Å². The summed E-state index contributed by atoms with van der Waals surface area (Å²) in [6, 6.07) is 21.3. The normalized spacial score (nSPS) is 14.3. The van der Waals surface area contributed by atoms with Gasteiger partial charge in [0.15, 0.2) is 0 Å². The van der Waals surface area contributed by atoms with Gasteiger partial charge in [-0.15, -0.1) is 0 Å². The predicted octanol–water partition coefficient (Wildman–Crippen LogP) is 4.35. The van der Waals surface area contributed by atoms with Gasteiger partial charge in [-0.2, -0.15) is 0 Å². The average molecular weight is 497 g/mol. The molecule has 0 fully saturated rings. The molecular weight excluding hydrogens is 472 g/mol. The van der Waals surface area contributed by atoms with E-state index in [0.29, 0.717) is 15.7 Å². The Labute approximate surface area is 195 Å². The maximum atomic E-state index is 12.2. The van der Waals surface area contributed by atoms with E-state index < -0.39 is 18.3 Å². The Bertz CT molecular complexity index is 1080. The molecule has 0 spiro atoms. The van der Waals surface area contributed by atoms with Crippen molar-refractivity contribution < 1.29 is 19.7 Å². The van der Waals surface area contributed by atoms with Gasteiger partial charge in [-0.05, 0) is 62.3 Å². The maximum absolute atomic E-state index is 12.2. The minimum Gasteiger partial charge on any atom is -0.449 e. The van der Waals surface area contributed by atoms with Gasteiger partial charge in [-0.25, -0.2) is 4.79 Å². The number of nitrogens with one attached hydrogen (secondary N) is 1. The minimum absolute atomic E-state index is 0.00970. The van der Waals surface area contributed by atoms with Gasteiger partial charge in [0.2, 0.25) is 0 Å². The number of alkyl carbamates (subject to hydrolysis) is 1. The van der Waals surface area contributed by atoms with Crippen LogP contribution in [0, 0.1) is 0 Å². The second-order valence-corrected chi connectivity index (χ2v) is 8.69. The highest BCUT2D eigenvalue weighted by atomic mass is 79.9. The van der Waals surface area contributed by atoms with Crippen molar-refractivity contribution in [2.45, 2.75) is 24.5 Å². The first kappa shape index (κ1) is 22.3. The second-order valence-electron chi connectivity index (χ2n) is 7.83. The van der Waals surface area contributed by atoms with E-state index in [9.17, 15) is 15.0 Å². The average Bonchev–Trinajstić information content (AvgIpc) is 3.12. The quantitative estimate of drug-likeness (QED) is 0.364. The van der Waals surface area contributed by atoms with Gasteiger partial charge in [0.05, 0.1) is 6.10 Å². The number of carbonyl (C=O) groups is 1. The van der Waals surface area contributed by atoms with E-state index in [0.717, 1.165) is 11.1 Å². The summed E-state index contributed by atoms with van der Waals surface area (Å²) in [7, 11) is 0. The molecule has 0 saturated carbocycles. The van der Waals surface area contributed by atoms with Crippen molar-refractivity contribution in [3.63, 3.8) is 0 Å². The summed E-state index contributed by atoms with van der Waals surface area (Å²) in [4.78, 5) is 12.2. The molecule has 1 aliphatic carbocycles. The second kappa shape index (κ2) is 9.73. The molecule has 7 heteroatoms. The largest absolute Gasteiger partial charge is 0.449 e. The van der Waals surface area contributed by atoms with Crippen LogP contribution in [0.15, 0.2) is 71.2 Å². The molecule has 32 heavy (non-hydrogen) atoms. The number of halogens is 1. The molecule has 0 bridgehead atoms. The molecule has 166 valence electrons. The van der Waals surface area contributed by atoms with Crippen molar-refractivity contribution >= 4 is 27.7 Å². The van der Waals surface area contributed by atoms with E-state index in [-0.39, 0.29) is 25.5 Å². The number of anilines is 1. The third-order valence-corrected chi connectivity index (χ3v) is 6.47. The number of hydrogen-bond acceptors (Lipinski definition) is 5. The summed E-state index contributed by atoms with van der Waals surface area (Å²) in [5.41, 5.74) is 11.5. The number of amides is 1. The van der Waals surface area contributed by atoms with Crippen LogP contribution in [0.25, 0.3) is 11.1 Å². The summed E-state index contributed by atoms with van der Waals surface area (Å²) < 4.78 is 6.13. The minimum atomic E-state index is -1.09. The first-order valence-electron chi connectivity index (χ1n) is 10.5. The molecule has 2 atom stereocenters. The summed E-state index contributed by atoms with van der Waals surface area (Å²) in [5.74, 6) is -0.00970. The molecule has 1 aliphatic rings. The highest BCUT2D eigenvalue weighted by Gasteiger charge is 2.29. The van der Waals surface area contributed by atoms with Crippen molar-refractivity contribution in [2.75, 3.05) is 18.9 Å². The maximum Gasteiger partial charge on any atom is 0.407 e. The van der Waals surface area contributed by atoms with Crippen molar-refractivity contribution in [3.05, 3.63) is 87.9 Å². The Morgan fingerprint density at radius 2 is 1.66 bits per heavy atom. The van der Waals surface area contributed by atoms with Gasteiger partial charge in [-0.1, -0.05) is 54.6 Å². The Morgan fingerprint density at radius 1 is 1.03 bits per heavy atom. The standard InChI is InChI=1S/C25H25BrN2O4/c26-21-13-15(9-10-22(21)27)24(30)23(29)11-12-28-25(31)32-14-20-18-7-3-1-5-16(18)17-6-2-4-8-19(17)20/h1-10,13,20,23-24,29-30H,11-12,14,27H2,(H,28,31). The first-order valence-corrected chi connectivity index (χ1v) is 11.2. The zero-order chi connectivity index (χ0) is 22.7. The molecule has 0 radical (unpaired) electrons. The monoisotopic (exact) mass is 496 g/mol. The van der Waals surface area contributed by atoms with Crippen LogP contribution in [0.5, 0.6) is 0 Å². The molecule has 3 aromatic carbocycles. The van der Waals surface area contributed by atoms with Gasteiger partial charge in [0, 0.05) is 22.6 Å². The molecule has 0 aromatic heterocycles. The summed E-state index contributed by atoms with van der Waals surface area (Å²) >= 11 is 3.31. The fourth-order valence-electron chi connectivity index (χ4n) is 4.08. The van der Waals surface area contributed by atoms with E-state index in [1.807, 2.05) is 24.3 Å². The highest BCUT2D eigenvalue weighted by molar-refractivity contribution is 9.10. The highest BCUT2D eigenvalue weighted by Crippen LogP contribution is 2.44. The Morgan fingerprint density at radius 3 is 2.28 bits per heavy atom. The van der Waals surface area contributed by atoms with Gasteiger partial charge in [-0.3, -0.25) is 0 Å².